The Balaban J connectivity index is 2.03. The van der Waals surface area contributed by atoms with Crippen LogP contribution in [0, 0.1) is 0 Å². The van der Waals surface area contributed by atoms with Crippen molar-refractivity contribution in [3.8, 4) is 0 Å². The standard InChI is InChI=1S/C14H21N3O2/c1-16-14(19)9-2-7-13(12(15)8-9)17-10-3-5-11(18)6-4-10/h2,7-8,10-11,17-18H,3-6,15H2,1H3,(H,16,19). The first-order valence-electron chi connectivity index (χ1n) is 6.66. The van der Waals surface area contributed by atoms with Gasteiger partial charge < -0.3 is 21.5 Å². The quantitative estimate of drug-likeness (QED) is 0.620. The van der Waals surface area contributed by atoms with E-state index in [0.717, 1.165) is 31.4 Å². The van der Waals surface area contributed by atoms with Crippen molar-refractivity contribution in [1.29, 1.82) is 0 Å². The van der Waals surface area contributed by atoms with Gasteiger partial charge in [0.2, 0.25) is 0 Å². The number of amides is 1. The van der Waals surface area contributed by atoms with Crippen molar-refractivity contribution in [1.82, 2.24) is 5.32 Å². The second-order valence-corrected chi connectivity index (χ2v) is 5.03. The van der Waals surface area contributed by atoms with Gasteiger partial charge in [0.1, 0.15) is 0 Å². The van der Waals surface area contributed by atoms with E-state index in [0.29, 0.717) is 17.3 Å². The fourth-order valence-electron chi connectivity index (χ4n) is 2.42. The molecule has 0 bridgehead atoms. The summed E-state index contributed by atoms with van der Waals surface area (Å²) in [5, 5.41) is 15.4. The number of hydrogen-bond donors (Lipinski definition) is 4. The molecule has 1 aliphatic carbocycles. The number of anilines is 2. The van der Waals surface area contributed by atoms with Crippen LogP contribution in [0.5, 0.6) is 0 Å². The van der Waals surface area contributed by atoms with Crippen molar-refractivity contribution in [3.63, 3.8) is 0 Å². The van der Waals surface area contributed by atoms with Gasteiger partial charge in [0.05, 0.1) is 17.5 Å². The monoisotopic (exact) mass is 263 g/mol. The van der Waals surface area contributed by atoms with Gasteiger partial charge in [-0.15, -0.1) is 0 Å². The fourth-order valence-corrected chi connectivity index (χ4v) is 2.42. The molecular weight excluding hydrogens is 242 g/mol. The molecule has 0 heterocycles. The Morgan fingerprint density at radius 1 is 1.32 bits per heavy atom. The van der Waals surface area contributed by atoms with E-state index < -0.39 is 0 Å². The molecule has 19 heavy (non-hydrogen) atoms. The third kappa shape index (κ3) is 3.38. The van der Waals surface area contributed by atoms with Gasteiger partial charge in [-0.3, -0.25) is 4.79 Å². The lowest BCUT2D eigenvalue weighted by molar-refractivity contribution is 0.0963. The van der Waals surface area contributed by atoms with E-state index in [2.05, 4.69) is 10.6 Å². The van der Waals surface area contributed by atoms with Crippen molar-refractivity contribution in [2.45, 2.75) is 37.8 Å². The highest BCUT2D eigenvalue weighted by atomic mass is 16.3. The topological polar surface area (TPSA) is 87.4 Å². The van der Waals surface area contributed by atoms with Crippen LogP contribution in [0.25, 0.3) is 0 Å². The maximum atomic E-state index is 11.5. The summed E-state index contributed by atoms with van der Waals surface area (Å²) in [4.78, 5) is 11.5. The maximum Gasteiger partial charge on any atom is 0.251 e. The molecule has 0 aliphatic heterocycles. The Bertz CT molecular complexity index is 454. The third-order valence-corrected chi connectivity index (χ3v) is 3.60. The van der Waals surface area contributed by atoms with E-state index in [1.807, 2.05) is 6.07 Å². The number of aliphatic hydroxyl groups excluding tert-OH is 1. The highest BCUT2D eigenvalue weighted by Crippen LogP contribution is 2.26. The predicted octanol–water partition coefficient (Wildman–Crippen LogP) is 1.34. The van der Waals surface area contributed by atoms with Crippen LogP contribution in [-0.2, 0) is 0 Å². The van der Waals surface area contributed by atoms with Crippen LogP contribution in [0.4, 0.5) is 11.4 Å². The lowest BCUT2D eigenvalue weighted by Crippen LogP contribution is -2.28. The first kappa shape index (κ1) is 13.7. The number of carbonyl (C=O) groups is 1. The molecule has 1 saturated carbocycles. The lowest BCUT2D eigenvalue weighted by atomic mass is 9.93. The molecule has 0 spiro atoms. The molecule has 0 atom stereocenters. The van der Waals surface area contributed by atoms with Gasteiger partial charge in [0, 0.05) is 18.7 Å². The molecule has 1 aromatic rings. The number of nitrogen functional groups attached to an aromatic ring is 1. The highest BCUT2D eigenvalue weighted by molar-refractivity contribution is 5.95. The van der Waals surface area contributed by atoms with E-state index in [1.165, 1.54) is 0 Å². The summed E-state index contributed by atoms with van der Waals surface area (Å²) in [5.41, 5.74) is 7.96. The smallest absolute Gasteiger partial charge is 0.251 e. The third-order valence-electron chi connectivity index (χ3n) is 3.60. The van der Waals surface area contributed by atoms with E-state index in [4.69, 9.17) is 5.73 Å². The minimum Gasteiger partial charge on any atom is -0.397 e. The first-order valence-corrected chi connectivity index (χ1v) is 6.66. The van der Waals surface area contributed by atoms with Gasteiger partial charge in [0.15, 0.2) is 0 Å². The molecule has 0 radical (unpaired) electrons. The average molecular weight is 263 g/mol. The average Bonchev–Trinajstić information content (AvgIpc) is 2.42. The summed E-state index contributed by atoms with van der Waals surface area (Å²) >= 11 is 0. The second-order valence-electron chi connectivity index (χ2n) is 5.03. The molecule has 5 N–H and O–H groups in total. The predicted molar refractivity (Wildman–Crippen MR) is 76.1 cm³/mol. The minimum absolute atomic E-state index is 0.140. The molecule has 1 aromatic carbocycles. The van der Waals surface area contributed by atoms with Gasteiger partial charge in [-0.05, 0) is 43.9 Å². The van der Waals surface area contributed by atoms with Gasteiger partial charge in [0.25, 0.3) is 5.91 Å². The van der Waals surface area contributed by atoms with Crippen LogP contribution in [0.15, 0.2) is 18.2 Å². The molecule has 2 rings (SSSR count). The van der Waals surface area contributed by atoms with E-state index in [-0.39, 0.29) is 12.0 Å². The van der Waals surface area contributed by atoms with Crippen LogP contribution in [0.2, 0.25) is 0 Å². The van der Waals surface area contributed by atoms with Crippen molar-refractivity contribution < 1.29 is 9.90 Å². The maximum absolute atomic E-state index is 11.5. The summed E-state index contributed by atoms with van der Waals surface area (Å²) in [6.45, 7) is 0. The molecule has 5 heteroatoms. The van der Waals surface area contributed by atoms with E-state index in [9.17, 15) is 9.90 Å². The number of hydrogen-bond acceptors (Lipinski definition) is 4. The first-order chi connectivity index (χ1) is 9.10. The molecule has 5 nitrogen and oxygen atoms in total. The van der Waals surface area contributed by atoms with Crippen LogP contribution in [0.1, 0.15) is 36.0 Å². The number of benzene rings is 1. The molecule has 1 aliphatic rings. The molecule has 0 unspecified atom stereocenters. The Morgan fingerprint density at radius 2 is 2.00 bits per heavy atom. The van der Waals surface area contributed by atoms with Crippen molar-refractivity contribution in [2.24, 2.45) is 0 Å². The minimum atomic E-state index is -0.161. The molecule has 0 saturated heterocycles. The fraction of sp³-hybridized carbons (Fsp3) is 0.500. The Hall–Kier alpha value is -1.75. The van der Waals surface area contributed by atoms with Crippen molar-refractivity contribution in [2.75, 3.05) is 18.1 Å². The molecule has 0 aromatic heterocycles. The number of aliphatic hydroxyl groups is 1. The van der Waals surface area contributed by atoms with E-state index in [1.54, 1.807) is 19.2 Å². The highest BCUT2D eigenvalue weighted by Gasteiger charge is 2.19. The zero-order valence-corrected chi connectivity index (χ0v) is 11.1. The number of nitrogens with two attached hydrogens (primary N) is 1. The second kappa shape index (κ2) is 5.93. The van der Waals surface area contributed by atoms with Crippen molar-refractivity contribution >= 4 is 17.3 Å². The SMILES string of the molecule is CNC(=O)c1ccc(NC2CCC(O)CC2)c(N)c1. The Kier molecular flexibility index (Phi) is 4.27. The van der Waals surface area contributed by atoms with E-state index >= 15 is 0 Å². The molecule has 104 valence electrons. The van der Waals surface area contributed by atoms with Crippen LogP contribution in [-0.4, -0.2) is 30.2 Å². The van der Waals surface area contributed by atoms with Gasteiger partial charge in [-0.1, -0.05) is 0 Å². The van der Waals surface area contributed by atoms with Crippen LogP contribution >= 0.6 is 0 Å². The summed E-state index contributed by atoms with van der Waals surface area (Å²) in [7, 11) is 1.60. The summed E-state index contributed by atoms with van der Waals surface area (Å²) in [5.74, 6) is -0.140. The van der Waals surface area contributed by atoms with Gasteiger partial charge in [-0.2, -0.15) is 0 Å². The zero-order valence-electron chi connectivity index (χ0n) is 11.1. The van der Waals surface area contributed by atoms with Crippen LogP contribution in [0.3, 0.4) is 0 Å². The zero-order chi connectivity index (χ0) is 13.8. The largest absolute Gasteiger partial charge is 0.397 e. The normalized spacial score (nSPS) is 22.8. The number of rotatable bonds is 3. The molecular formula is C14H21N3O2. The van der Waals surface area contributed by atoms with Crippen LogP contribution < -0.4 is 16.4 Å². The Labute approximate surface area is 113 Å². The summed E-state index contributed by atoms with van der Waals surface area (Å²) in [6, 6.07) is 5.62. The number of carbonyl (C=O) groups excluding carboxylic acids is 1. The molecule has 1 fully saturated rings. The molecule has 1 amide bonds. The Morgan fingerprint density at radius 3 is 2.58 bits per heavy atom. The lowest BCUT2D eigenvalue weighted by Gasteiger charge is -2.27. The number of nitrogens with one attached hydrogen (secondary N) is 2. The van der Waals surface area contributed by atoms with Gasteiger partial charge in [-0.25, -0.2) is 0 Å². The summed E-state index contributed by atoms with van der Waals surface area (Å²) in [6.07, 6.45) is 3.38. The van der Waals surface area contributed by atoms with Crippen molar-refractivity contribution in [3.05, 3.63) is 23.8 Å². The summed E-state index contributed by atoms with van der Waals surface area (Å²) < 4.78 is 0. The van der Waals surface area contributed by atoms with Gasteiger partial charge >= 0.3 is 0 Å².